The Bertz CT molecular complexity index is 356. The lowest BCUT2D eigenvalue weighted by Gasteiger charge is -2.07. The van der Waals surface area contributed by atoms with E-state index in [9.17, 15) is 18.0 Å². The van der Waals surface area contributed by atoms with Crippen LogP contribution in [0.4, 0.5) is 13.2 Å². The van der Waals surface area contributed by atoms with Crippen molar-refractivity contribution in [3.05, 3.63) is 17.7 Å². The largest absolute Gasteiger partial charge is 0.463 e. The zero-order valence-electron chi connectivity index (χ0n) is 7.42. The van der Waals surface area contributed by atoms with E-state index in [-0.39, 0.29) is 5.82 Å². The van der Waals surface area contributed by atoms with Crippen molar-refractivity contribution in [2.75, 3.05) is 7.11 Å². The number of hydrogen-bond acceptors (Lipinski definition) is 3. The Labute approximate surface area is 77.3 Å². The molecule has 1 aromatic rings. The van der Waals surface area contributed by atoms with Gasteiger partial charge in [0.1, 0.15) is 5.69 Å². The van der Waals surface area contributed by atoms with E-state index in [1.165, 1.54) is 0 Å². The Morgan fingerprint density at radius 3 is 2.50 bits per heavy atom. The number of alkyl halides is 3. The van der Waals surface area contributed by atoms with Crippen LogP contribution in [0.3, 0.4) is 0 Å². The molecule has 1 rings (SSSR count). The molecule has 0 aliphatic carbocycles. The van der Waals surface area contributed by atoms with Gasteiger partial charge in [0.05, 0.1) is 13.3 Å². The van der Waals surface area contributed by atoms with E-state index >= 15 is 0 Å². The minimum atomic E-state index is -4.52. The molecule has 4 nitrogen and oxygen atoms in total. The number of rotatable bonds is 1. The smallest absolute Gasteiger partial charge is 0.433 e. The number of nitrogens with zero attached hydrogens (tertiary/aromatic N) is 2. The van der Waals surface area contributed by atoms with Gasteiger partial charge in [0, 0.05) is 7.05 Å². The van der Waals surface area contributed by atoms with Crippen molar-refractivity contribution < 1.29 is 22.7 Å². The van der Waals surface area contributed by atoms with Crippen LogP contribution in [0.1, 0.15) is 16.3 Å². The van der Waals surface area contributed by atoms with Crippen molar-refractivity contribution in [3.63, 3.8) is 0 Å². The lowest BCUT2D eigenvalue weighted by molar-refractivity contribution is -0.143. The first kappa shape index (κ1) is 10.6. The van der Waals surface area contributed by atoms with Gasteiger partial charge in [0.15, 0.2) is 0 Å². The molecule has 1 aromatic heterocycles. The third-order valence-corrected chi connectivity index (χ3v) is 1.65. The standard InChI is InChI=1S/C7H7F3N2O2/c1-12-4(7(8,9)10)3-11-5(12)6(13)14-2/h3H,1-2H3. The Hall–Kier alpha value is -1.53. The first-order chi connectivity index (χ1) is 6.38. The van der Waals surface area contributed by atoms with Gasteiger partial charge in [-0.25, -0.2) is 9.78 Å². The maximum absolute atomic E-state index is 12.2. The Morgan fingerprint density at radius 1 is 1.57 bits per heavy atom. The van der Waals surface area contributed by atoms with Gasteiger partial charge in [0.2, 0.25) is 5.82 Å². The molecule has 0 fully saturated rings. The maximum Gasteiger partial charge on any atom is 0.433 e. The molecule has 0 aliphatic rings. The summed E-state index contributed by atoms with van der Waals surface area (Å²) in [6.45, 7) is 0. The number of hydrogen-bond donors (Lipinski definition) is 0. The second kappa shape index (κ2) is 3.32. The van der Waals surface area contributed by atoms with E-state index in [0.29, 0.717) is 10.8 Å². The summed E-state index contributed by atoms with van der Waals surface area (Å²) in [5.41, 5.74) is -0.988. The monoisotopic (exact) mass is 208 g/mol. The van der Waals surface area contributed by atoms with Gasteiger partial charge in [-0.15, -0.1) is 0 Å². The zero-order valence-corrected chi connectivity index (χ0v) is 7.42. The third-order valence-electron chi connectivity index (χ3n) is 1.65. The van der Waals surface area contributed by atoms with E-state index < -0.39 is 17.8 Å². The number of methoxy groups -OCH3 is 1. The number of ether oxygens (including phenoxy) is 1. The summed E-state index contributed by atoms with van der Waals surface area (Å²) in [6.07, 6.45) is -3.93. The van der Waals surface area contributed by atoms with Crippen LogP contribution in [-0.2, 0) is 18.0 Å². The molecule has 0 saturated carbocycles. The SMILES string of the molecule is COC(=O)c1ncc(C(F)(F)F)n1C. The van der Waals surface area contributed by atoms with Crippen LogP contribution in [0.2, 0.25) is 0 Å². The second-order valence-corrected chi connectivity index (χ2v) is 2.52. The van der Waals surface area contributed by atoms with Gasteiger partial charge in [-0.1, -0.05) is 0 Å². The fourth-order valence-electron chi connectivity index (χ4n) is 0.954. The predicted octanol–water partition coefficient (Wildman–Crippen LogP) is 1.23. The van der Waals surface area contributed by atoms with Crippen molar-refractivity contribution in [3.8, 4) is 0 Å². The highest BCUT2D eigenvalue weighted by Gasteiger charge is 2.36. The van der Waals surface area contributed by atoms with Crippen LogP contribution in [0.5, 0.6) is 0 Å². The van der Waals surface area contributed by atoms with Crippen molar-refractivity contribution in [2.24, 2.45) is 7.05 Å². The summed E-state index contributed by atoms with van der Waals surface area (Å²) < 4.78 is 41.5. The maximum atomic E-state index is 12.2. The van der Waals surface area contributed by atoms with Crippen molar-refractivity contribution in [1.82, 2.24) is 9.55 Å². The topological polar surface area (TPSA) is 44.1 Å². The molecule has 0 atom stereocenters. The van der Waals surface area contributed by atoms with Crippen LogP contribution < -0.4 is 0 Å². The Balaban J connectivity index is 3.15. The van der Waals surface area contributed by atoms with Crippen LogP contribution in [-0.4, -0.2) is 22.6 Å². The second-order valence-electron chi connectivity index (χ2n) is 2.52. The summed E-state index contributed by atoms with van der Waals surface area (Å²) in [4.78, 5) is 14.2. The minimum Gasteiger partial charge on any atom is -0.463 e. The summed E-state index contributed by atoms with van der Waals surface area (Å²) in [7, 11) is 2.17. The van der Waals surface area contributed by atoms with Crippen LogP contribution in [0.25, 0.3) is 0 Å². The minimum absolute atomic E-state index is 0.375. The molecule has 1 heterocycles. The lowest BCUT2D eigenvalue weighted by Crippen LogP contribution is -2.15. The molecule has 0 spiro atoms. The molecular weight excluding hydrogens is 201 g/mol. The number of esters is 1. The molecule has 7 heteroatoms. The van der Waals surface area contributed by atoms with Gasteiger partial charge >= 0.3 is 12.1 Å². The highest BCUT2D eigenvalue weighted by molar-refractivity contribution is 5.85. The Kier molecular flexibility index (Phi) is 2.50. The number of imidazole rings is 1. The molecule has 0 N–H and O–H groups in total. The van der Waals surface area contributed by atoms with Gasteiger partial charge in [-0.2, -0.15) is 13.2 Å². The summed E-state index contributed by atoms with van der Waals surface area (Å²) in [5, 5.41) is 0. The lowest BCUT2D eigenvalue weighted by atomic mass is 10.4. The van der Waals surface area contributed by atoms with E-state index in [1.54, 1.807) is 0 Å². The first-order valence-electron chi connectivity index (χ1n) is 3.55. The normalized spacial score (nSPS) is 11.5. The van der Waals surface area contributed by atoms with Crippen molar-refractivity contribution in [1.29, 1.82) is 0 Å². The molecule has 78 valence electrons. The van der Waals surface area contributed by atoms with Crippen LogP contribution in [0, 0.1) is 0 Å². The van der Waals surface area contributed by atoms with Gasteiger partial charge in [-0.05, 0) is 0 Å². The van der Waals surface area contributed by atoms with Gasteiger partial charge < -0.3 is 9.30 Å². The average Bonchev–Trinajstić information content (AvgIpc) is 2.45. The predicted molar refractivity (Wildman–Crippen MR) is 39.5 cm³/mol. The van der Waals surface area contributed by atoms with E-state index in [2.05, 4.69) is 9.72 Å². The van der Waals surface area contributed by atoms with E-state index in [1.807, 2.05) is 0 Å². The number of carbonyl (C=O) groups excluding carboxylic acids is 1. The fourth-order valence-corrected chi connectivity index (χ4v) is 0.954. The average molecular weight is 208 g/mol. The summed E-state index contributed by atoms with van der Waals surface area (Å²) >= 11 is 0. The molecule has 0 saturated heterocycles. The number of carbonyl (C=O) groups is 1. The van der Waals surface area contributed by atoms with Gasteiger partial charge in [0.25, 0.3) is 0 Å². The molecule has 0 radical (unpaired) electrons. The molecule has 0 amide bonds. The quantitative estimate of drug-likeness (QED) is 0.652. The van der Waals surface area contributed by atoms with Gasteiger partial charge in [-0.3, -0.25) is 0 Å². The molecule has 0 unspecified atom stereocenters. The molecule has 0 bridgehead atoms. The summed E-state index contributed by atoms with van der Waals surface area (Å²) in [5.74, 6) is -1.28. The number of aromatic nitrogens is 2. The highest BCUT2D eigenvalue weighted by atomic mass is 19.4. The molecule has 0 aromatic carbocycles. The fraction of sp³-hybridized carbons (Fsp3) is 0.429. The molecule has 0 aliphatic heterocycles. The summed E-state index contributed by atoms with van der Waals surface area (Å²) in [6, 6.07) is 0. The molecule has 14 heavy (non-hydrogen) atoms. The van der Waals surface area contributed by atoms with E-state index in [4.69, 9.17) is 0 Å². The van der Waals surface area contributed by atoms with Crippen molar-refractivity contribution >= 4 is 5.97 Å². The molecular formula is C7H7F3N2O2. The first-order valence-corrected chi connectivity index (χ1v) is 3.55. The van der Waals surface area contributed by atoms with Crippen LogP contribution in [0.15, 0.2) is 6.20 Å². The van der Waals surface area contributed by atoms with E-state index in [0.717, 1.165) is 14.2 Å². The van der Waals surface area contributed by atoms with Crippen LogP contribution >= 0.6 is 0 Å². The van der Waals surface area contributed by atoms with Crippen molar-refractivity contribution in [2.45, 2.75) is 6.18 Å². The zero-order chi connectivity index (χ0) is 10.9. The Morgan fingerprint density at radius 2 is 2.14 bits per heavy atom. The third kappa shape index (κ3) is 1.70. The number of halogens is 3. The highest BCUT2D eigenvalue weighted by Crippen LogP contribution is 2.29.